The maximum Gasteiger partial charge on any atom is 0.209 e. The van der Waals surface area contributed by atoms with Gasteiger partial charge in [-0.1, -0.05) is 109 Å². The van der Waals surface area contributed by atoms with Gasteiger partial charge in [-0.3, -0.25) is 4.79 Å². The molecule has 1 N–H and O–H groups in total. The lowest BCUT2D eigenvalue weighted by Gasteiger charge is -2.07. The van der Waals surface area contributed by atoms with E-state index in [0.29, 0.717) is 33.1 Å². The number of aromatic amines is 1. The zero-order valence-electron chi connectivity index (χ0n) is 18.1. The molecular weight excluding hydrogens is 440 g/mol. The van der Waals surface area contributed by atoms with E-state index in [4.69, 9.17) is 11.6 Å². The molecule has 162 valence electrons. The molecule has 5 rings (SSSR count). The standard InChI is InChI=1S/C30H19ClN2O/c31-25-17-15-22(16-18-25)27-26(19-32)28(23-9-5-2-6-10-23)33-29(27)30(34)24-13-11-21(12-14-24)20-7-3-1-4-8-20/h1-18,33H. The van der Waals surface area contributed by atoms with Crippen LogP contribution >= 0.6 is 11.6 Å². The molecule has 1 aromatic heterocycles. The summed E-state index contributed by atoms with van der Waals surface area (Å²) in [6.45, 7) is 0. The second kappa shape index (κ2) is 9.23. The summed E-state index contributed by atoms with van der Waals surface area (Å²) in [7, 11) is 0. The number of nitriles is 1. The van der Waals surface area contributed by atoms with Crippen molar-refractivity contribution < 1.29 is 4.79 Å². The first-order valence-corrected chi connectivity index (χ1v) is 11.2. The molecule has 34 heavy (non-hydrogen) atoms. The minimum absolute atomic E-state index is 0.178. The van der Waals surface area contributed by atoms with Crippen molar-refractivity contribution in [3.63, 3.8) is 0 Å². The lowest BCUT2D eigenvalue weighted by molar-refractivity contribution is 0.103. The number of halogens is 1. The number of hydrogen-bond acceptors (Lipinski definition) is 2. The molecule has 0 fully saturated rings. The van der Waals surface area contributed by atoms with E-state index >= 15 is 0 Å². The van der Waals surface area contributed by atoms with Crippen molar-refractivity contribution in [1.82, 2.24) is 4.98 Å². The van der Waals surface area contributed by atoms with Crippen molar-refractivity contribution in [2.75, 3.05) is 0 Å². The SMILES string of the molecule is N#Cc1c(-c2ccccc2)[nH]c(C(=O)c2ccc(-c3ccccc3)cc2)c1-c1ccc(Cl)cc1. The van der Waals surface area contributed by atoms with E-state index in [1.54, 1.807) is 12.1 Å². The third-order valence-electron chi connectivity index (χ3n) is 5.79. The van der Waals surface area contributed by atoms with Gasteiger partial charge in [-0.2, -0.15) is 5.26 Å². The van der Waals surface area contributed by atoms with Crippen LogP contribution in [0.25, 0.3) is 33.5 Å². The highest BCUT2D eigenvalue weighted by Crippen LogP contribution is 2.36. The van der Waals surface area contributed by atoms with Gasteiger partial charge < -0.3 is 4.98 Å². The van der Waals surface area contributed by atoms with Crippen LogP contribution in [0.15, 0.2) is 109 Å². The number of benzene rings is 4. The molecule has 5 aromatic rings. The number of ketones is 1. The normalized spacial score (nSPS) is 10.6. The number of rotatable bonds is 5. The molecule has 0 aliphatic heterocycles. The Morgan fingerprint density at radius 3 is 1.79 bits per heavy atom. The van der Waals surface area contributed by atoms with Crippen LogP contribution in [0.4, 0.5) is 0 Å². The highest BCUT2D eigenvalue weighted by Gasteiger charge is 2.25. The number of H-pyrrole nitrogens is 1. The van der Waals surface area contributed by atoms with Gasteiger partial charge in [-0.15, -0.1) is 0 Å². The maximum absolute atomic E-state index is 13.7. The molecule has 4 heteroatoms. The van der Waals surface area contributed by atoms with E-state index in [-0.39, 0.29) is 5.78 Å². The zero-order chi connectivity index (χ0) is 23.5. The third-order valence-corrected chi connectivity index (χ3v) is 6.04. The van der Waals surface area contributed by atoms with Crippen LogP contribution in [0.3, 0.4) is 0 Å². The van der Waals surface area contributed by atoms with Crippen molar-refractivity contribution in [1.29, 1.82) is 5.26 Å². The Kier molecular flexibility index (Phi) is 5.82. The molecule has 0 amide bonds. The van der Waals surface area contributed by atoms with Gasteiger partial charge in [0, 0.05) is 16.1 Å². The first-order chi connectivity index (χ1) is 16.7. The van der Waals surface area contributed by atoms with E-state index < -0.39 is 0 Å². The fraction of sp³-hybridized carbons (Fsp3) is 0. The summed E-state index contributed by atoms with van der Waals surface area (Å²) in [5, 5.41) is 10.7. The molecule has 0 unspecified atom stereocenters. The van der Waals surface area contributed by atoms with E-state index in [1.165, 1.54) is 0 Å². The summed E-state index contributed by atoms with van der Waals surface area (Å²) in [6, 6.07) is 36.6. The topological polar surface area (TPSA) is 56.6 Å². The Hall–Kier alpha value is -4.39. The summed E-state index contributed by atoms with van der Waals surface area (Å²) in [5.41, 5.74) is 6.26. The highest BCUT2D eigenvalue weighted by molar-refractivity contribution is 6.30. The number of nitrogens with one attached hydrogen (secondary N) is 1. The van der Waals surface area contributed by atoms with Gasteiger partial charge in [-0.25, -0.2) is 0 Å². The second-order valence-electron chi connectivity index (χ2n) is 7.88. The molecule has 0 radical (unpaired) electrons. The minimum atomic E-state index is -0.178. The van der Waals surface area contributed by atoms with Crippen LogP contribution in [0.2, 0.25) is 5.02 Å². The Morgan fingerprint density at radius 1 is 0.676 bits per heavy atom. The molecule has 0 spiro atoms. The molecule has 3 nitrogen and oxygen atoms in total. The quantitative estimate of drug-likeness (QED) is 0.273. The first-order valence-electron chi connectivity index (χ1n) is 10.8. The predicted octanol–water partition coefficient (Wildman–Crippen LogP) is 7.77. The average molecular weight is 459 g/mol. The summed E-state index contributed by atoms with van der Waals surface area (Å²) in [4.78, 5) is 17.0. The Morgan fingerprint density at radius 2 is 1.21 bits per heavy atom. The lowest BCUT2D eigenvalue weighted by atomic mass is 9.95. The largest absolute Gasteiger partial charge is 0.350 e. The average Bonchev–Trinajstić information content (AvgIpc) is 3.29. The van der Waals surface area contributed by atoms with Crippen LogP contribution in [-0.2, 0) is 0 Å². The van der Waals surface area contributed by atoms with E-state index in [1.807, 2.05) is 97.1 Å². The van der Waals surface area contributed by atoms with E-state index in [9.17, 15) is 10.1 Å². The van der Waals surface area contributed by atoms with Gasteiger partial charge in [0.2, 0.25) is 5.78 Å². The Bertz CT molecular complexity index is 1500. The monoisotopic (exact) mass is 458 g/mol. The van der Waals surface area contributed by atoms with Gasteiger partial charge in [0.25, 0.3) is 0 Å². The van der Waals surface area contributed by atoms with Crippen molar-refractivity contribution in [2.24, 2.45) is 0 Å². The summed E-state index contributed by atoms with van der Waals surface area (Å²) >= 11 is 6.10. The van der Waals surface area contributed by atoms with Crippen molar-refractivity contribution in [3.05, 3.63) is 131 Å². The highest BCUT2D eigenvalue weighted by atomic mass is 35.5. The third kappa shape index (κ3) is 4.03. The molecule has 0 aliphatic carbocycles. The fourth-order valence-electron chi connectivity index (χ4n) is 4.10. The van der Waals surface area contributed by atoms with E-state index in [2.05, 4.69) is 11.1 Å². The lowest BCUT2D eigenvalue weighted by Crippen LogP contribution is -2.04. The predicted molar refractivity (Wildman–Crippen MR) is 137 cm³/mol. The van der Waals surface area contributed by atoms with Crippen LogP contribution in [-0.4, -0.2) is 10.8 Å². The fourth-order valence-corrected chi connectivity index (χ4v) is 4.22. The zero-order valence-corrected chi connectivity index (χ0v) is 18.9. The second-order valence-corrected chi connectivity index (χ2v) is 8.32. The van der Waals surface area contributed by atoms with Crippen molar-refractivity contribution in [3.8, 4) is 39.6 Å². The van der Waals surface area contributed by atoms with Crippen LogP contribution in [0, 0.1) is 11.3 Å². The molecule has 0 atom stereocenters. The number of carbonyl (C=O) groups excluding carboxylic acids is 1. The van der Waals surface area contributed by atoms with Crippen molar-refractivity contribution in [2.45, 2.75) is 0 Å². The Labute approximate surface area is 202 Å². The first kappa shape index (κ1) is 21.5. The van der Waals surface area contributed by atoms with Gasteiger partial charge in [-0.05, 0) is 34.4 Å². The molecule has 0 aliphatic rings. The summed E-state index contributed by atoms with van der Waals surface area (Å²) < 4.78 is 0. The molecule has 4 aromatic carbocycles. The number of hydrogen-bond donors (Lipinski definition) is 1. The summed E-state index contributed by atoms with van der Waals surface area (Å²) in [6.07, 6.45) is 0. The number of nitrogens with zero attached hydrogens (tertiary/aromatic N) is 1. The van der Waals surface area contributed by atoms with Gasteiger partial charge >= 0.3 is 0 Å². The van der Waals surface area contributed by atoms with Crippen LogP contribution in [0.1, 0.15) is 21.6 Å². The molecule has 1 heterocycles. The summed E-state index contributed by atoms with van der Waals surface area (Å²) in [5.74, 6) is -0.178. The molecular formula is C30H19ClN2O. The van der Waals surface area contributed by atoms with Crippen LogP contribution < -0.4 is 0 Å². The Balaban J connectivity index is 1.64. The van der Waals surface area contributed by atoms with E-state index in [0.717, 1.165) is 22.3 Å². The van der Waals surface area contributed by atoms with Gasteiger partial charge in [0.15, 0.2) is 0 Å². The molecule has 0 saturated heterocycles. The molecule has 0 saturated carbocycles. The number of carbonyl (C=O) groups is 1. The number of aromatic nitrogens is 1. The van der Waals surface area contributed by atoms with Gasteiger partial charge in [0.05, 0.1) is 17.0 Å². The molecule has 0 bridgehead atoms. The minimum Gasteiger partial charge on any atom is -0.350 e. The van der Waals surface area contributed by atoms with Gasteiger partial charge in [0.1, 0.15) is 6.07 Å². The van der Waals surface area contributed by atoms with Crippen LogP contribution in [0.5, 0.6) is 0 Å². The maximum atomic E-state index is 13.7. The van der Waals surface area contributed by atoms with Crippen molar-refractivity contribution >= 4 is 17.4 Å². The smallest absolute Gasteiger partial charge is 0.209 e.